The number of aliphatic imine (C=N–C) groups is 1. The molecule has 1 unspecified atom stereocenters. The van der Waals surface area contributed by atoms with Gasteiger partial charge in [-0.3, -0.25) is 9.79 Å². The van der Waals surface area contributed by atoms with Crippen LogP contribution in [0.5, 0.6) is 0 Å². The lowest BCUT2D eigenvalue weighted by atomic mass is 10.0. The smallest absolute Gasteiger partial charge is 0.162 e. The van der Waals surface area contributed by atoms with E-state index in [9.17, 15) is 9.18 Å². The number of dihydropyridines is 1. The van der Waals surface area contributed by atoms with Crippen LogP contribution in [0.2, 0.25) is 25.7 Å². The summed E-state index contributed by atoms with van der Waals surface area (Å²) in [5, 5.41) is 3.32. The normalized spacial score (nSPS) is 18.5. The summed E-state index contributed by atoms with van der Waals surface area (Å²) < 4.78 is 19.4. The Morgan fingerprint density at radius 2 is 1.97 bits per heavy atom. The van der Waals surface area contributed by atoms with E-state index in [1.54, 1.807) is 18.3 Å². The van der Waals surface area contributed by atoms with Crippen LogP contribution in [0.4, 0.5) is 4.39 Å². The predicted molar refractivity (Wildman–Crippen MR) is 125 cm³/mol. The van der Waals surface area contributed by atoms with Crippen LogP contribution in [-0.4, -0.2) is 51.5 Å². The Balaban J connectivity index is 0.00000155. The van der Waals surface area contributed by atoms with Crippen LogP contribution in [0.15, 0.2) is 46.6 Å². The van der Waals surface area contributed by atoms with E-state index < -0.39 is 14.2 Å². The summed E-state index contributed by atoms with van der Waals surface area (Å²) in [6, 6.07) is 7.42. The van der Waals surface area contributed by atoms with E-state index in [-0.39, 0.29) is 5.82 Å². The second-order valence-corrected chi connectivity index (χ2v) is 13.9. The van der Waals surface area contributed by atoms with Crippen molar-refractivity contribution in [3.8, 4) is 0 Å². The largest absolute Gasteiger partial charge is 0.361 e. The van der Waals surface area contributed by atoms with Crippen LogP contribution in [0.25, 0.3) is 5.70 Å². The number of carbonyl (C=O) groups excluding carboxylic acids is 1. The number of allylic oxidation sites excluding steroid dienone is 2. The zero-order chi connectivity index (χ0) is 22.1. The topological polar surface area (TPSA) is 53.9 Å². The number of hydrogen-bond acceptors (Lipinski definition) is 5. The molecule has 0 saturated heterocycles. The first-order valence-corrected chi connectivity index (χ1v) is 14.4. The van der Waals surface area contributed by atoms with Crippen molar-refractivity contribution in [3.05, 3.63) is 53.0 Å². The molecule has 0 aromatic heterocycles. The molecule has 2 heterocycles. The molecule has 0 aliphatic carbocycles. The van der Waals surface area contributed by atoms with Gasteiger partial charge in [0.1, 0.15) is 12.5 Å². The average Bonchev–Trinajstić information content (AvgIpc) is 3.12. The minimum absolute atomic E-state index is 0.286. The van der Waals surface area contributed by atoms with Gasteiger partial charge in [0.25, 0.3) is 0 Å². The van der Waals surface area contributed by atoms with Gasteiger partial charge in [0, 0.05) is 33.0 Å². The van der Waals surface area contributed by atoms with Gasteiger partial charge in [-0.15, -0.1) is 0 Å². The second kappa shape index (κ2) is 11.2. The molecule has 0 bridgehead atoms. The molecule has 2 aliphatic heterocycles. The number of ether oxygens (including phenoxy) is 1. The van der Waals surface area contributed by atoms with E-state index >= 15 is 0 Å². The second-order valence-electron chi connectivity index (χ2n) is 8.27. The maximum Gasteiger partial charge on any atom is 0.162 e. The number of nitrogens with one attached hydrogen (secondary N) is 1. The van der Waals surface area contributed by atoms with Crippen molar-refractivity contribution in [1.29, 1.82) is 0 Å². The molecule has 0 spiro atoms. The first-order valence-electron chi connectivity index (χ1n) is 10.6. The summed E-state index contributed by atoms with van der Waals surface area (Å²) in [5.41, 5.74) is 3.70. The summed E-state index contributed by atoms with van der Waals surface area (Å²) in [4.78, 5) is 18.0. The van der Waals surface area contributed by atoms with Crippen LogP contribution in [0.3, 0.4) is 0 Å². The Hall–Kier alpha value is -2.25. The molecule has 1 N–H and O–H groups in total. The maximum absolute atomic E-state index is 13.5. The van der Waals surface area contributed by atoms with Crippen LogP contribution in [0, 0.1) is 5.82 Å². The molecule has 2 aliphatic rings. The standard InChI is InChI=1S/C21H28FN3O2Si.C2H6/c1-28(2,3)13-12-27-15-25-19(14-26)24-20(16-8-10-23-11-9-16)21(25)17-4-6-18(22)7-5-17;1-2/h4-8,10,14,19,24H,9,11-13,15H2,1-3H3;1-2H3. The molecule has 1 atom stereocenters. The van der Waals surface area contributed by atoms with Gasteiger partial charge in [-0.25, -0.2) is 4.39 Å². The van der Waals surface area contributed by atoms with Crippen LogP contribution in [0.1, 0.15) is 25.8 Å². The summed E-state index contributed by atoms with van der Waals surface area (Å²) in [5.74, 6) is -0.286. The van der Waals surface area contributed by atoms with Crippen LogP contribution >= 0.6 is 0 Å². The monoisotopic (exact) mass is 431 g/mol. The van der Waals surface area contributed by atoms with Crippen molar-refractivity contribution >= 4 is 26.3 Å². The summed E-state index contributed by atoms with van der Waals surface area (Å²) in [6.07, 6.45) is 4.92. The third kappa shape index (κ3) is 6.37. The molecule has 1 aromatic carbocycles. The number of nitrogens with zero attached hydrogens (tertiary/aromatic N) is 2. The number of benzene rings is 1. The molecule has 0 saturated carbocycles. The quantitative estimate of drug-likeness (QED) is 0.369. The SMILES string of the molecule is CC.C[Si](C)(C)CCOCN1C(c2ccc(F)cc2)=C(C2=CC=NCC2)NC1C=O. The number of carbonyl (C=O) groups is 1. The molecule has 30 heavy (non-hydrogen) atoms. The fraction of sp³-hybridized carbons (Fsp3) is 0.478. The third-order valence-corrected chi connectivity index (χ3v) is 6.54. The van der Waals surface area contributed by atoms with E-state index in [1.807, 2.05) is 24.8 Å². The molecule has 0 fully saturated rings. The van der Waals surface area contributed by atoms with Gasteiger partial charge in [0.05, 0.1) is 11.4 Å². The molecule has 3 rings (SSSR count). The van der Waals surface area contributed by atoms with Gasteiger partial charge in [-0.05, 0) is 48.4 Å². The highest BCUT2D eigenvalue weighted by Gasteiger charge is 2.33. The lowest BCUT2D eigenvalue weighted by molar-refractivity contribution is -0.113. The fourth-order valence-corrected chi connectivity index (χ4v) is 3.98. The van der Waals surface area contributed by atoms with Gasteiger partial charge in [-0.2, -0.15) is 0 Å². The Kier molecular flexibility index (Phi) is 8.99. The van der Waals surface area contributed by atoms with Gasteiger partial charge in [-0.1, -0.05) is 33.5 Å². The molecule has 7 heteroatoms. The molecular weight excluding hydrogens is 397 g/mol. The highest BCUT2D eigenvalue weighted by Crippen LogP contribution is 2.34. The molecule has 0 radical (unpaired) electrons. The molecule has 0 amide bonds. The van der Waals surface area contributed by atoms with E-state index in [0.717, 1.165) is 41.3 Å². The number of halogens is 1. The summed E-state index contributed by atoms with van der Waals surface area (Å²) >= 11 is 0. The first kappa shape index (κ1) is 24.0. The first-order chi connectivity index (χ1) is 14.4. The molecule has 1 aromatic rings. The lowest BCUT2D eigenvalue weighted by Gasteiger charge is -2.26. The van der Waals surface area contributed by atoms with E-state index in [4.69, 9.17) is 4.74 Å². The Morgan fingerprint density at radius 1 is 1.27 bits per heavy atom. The third-order valence-electron chi connectivity index (χ3n) is 4.84. The minimum Gasteiger partial charge on any atom is -0.361 e. The predicted octanol–water partition coefficient (Wildman–Crippen LogP) is 4.66. The molecular formula is C23H34FN3O2Si. The molecule has 164 valence electrons. The Bertz CT molecular complexity index is 798. The van der Waals surface area contributed by atoms with Gasteiger partial charge < -0.3 is 15.0 Å². The number of hydrogen-bond donors (Lipinski definition) is 1. The number of aldehydes is 1. The Morgan fingerprint density at radius 3 is 2.53 bits per heavy atom. The maximum atomic E-state index is 13.5. The van der Waals surface area contributed by atoms with Crippen molar-refractivity contribution < 1.29 is 13.9 Å². The van der Waals surface area contributed by atoms with Crippen molar-refractivity contribution in [3.63, 3.8) is 0 Å². The number of rotatable bonds is 8. The van der Waals surface area contributed by atoms with Crippen molar-refractivity contribution in [2.45, 2.75) is 52.1 Å². The van der Waals surface area contributed by atoms with Crippen molar-refractivity contribution in [1.82, 2.24) is 10.2 Å². The van der Waals surface area contributed by atoms with Crippen LogP contribution in [-0.2, 0) is 9.53 Å². The van der Waals surface area contributed by atoms with E-state index in [1.165, 1.54) is 12.1 Å². The average molecular weight is 432 g/mol. The van der Waals surface area contributed by atoms with Gasteiger partial charge >= 0.3 is 0 Å². The fourth-order valence-electron chi connectivity index (χ4n) is 3.23. The van der Waals surface area contributed by atoms with Gasteiger partial charge in [0.15, 0.2) is 12.5 Å². The van der Waals surface area contributed by atoms with Crippen LogP contribution < -0.4 is 5.32 Å². The minimum atomic E-state index is -1.19. The summed E-state index contributed by atoms with van der Waals surface area (Å²) in [7, 11) is -1.19. The molecule has 5 nitrogen and oxygen atoms in total. The zero-order valence-electron chi connectivity index (χ0n) is 18.7. The Labute approximate surface area is 180 Å². The van der Waals surface area contributed by atoms with E-state index in [0.29, 0.717) is 19.9 Å². The van der Waals surface area contributed by atoms with Crippen molar-refractivity contribution in [2.24, 2.45) is 4.99 Å². The lowest BCUT2D eigenvalue weighted by Crippen LogP contribution is -2.40. The van der Waals surface area contributed by atoms with Gasteiger partial charge in [0.2, 0.25) is 0 Å². The highest BCUT2D eigenvalue weighted by molar-refractivity contribution is 6.76. The highest BCUT2D eigenvalue weighted by atomic mass is 28.3. The zero-order valence-corrected chi connectivity index (χ0v) is 19.7. The van der Waals surface area contributed by atoms with Crippen molar-refractivity contribution in [2.75, 3.05) is 19.9 Å². The van der Waals surface area contributed by atoms with E-state index in [2.05, 4.69) is 30.0 Å². The summed E-state index contributed by atoms with van der Waals surface area (Å²) in [6.45, 7) is 12.6.